The standard InChI is InChI=1S/C17H23F3N2O/c1-12(21)15(23)22-11-16(8-3-2-4-9-16)13-6-5-7-14(10-13)17(18,19)20/h5-7,10,12H,2-4,8-9,11,21H2,1H3,(H,22,23)/t12-/m1/s1. The molecule has 1 aliphatic carbocycles. The number of amides is 1. The third-order valence-electron chi connectivity index (χ3n) is 4.63. The number of carbonyl (C=O) groups is 1. The van der Waals surface area contributed by atoms with Gasteiger partial charge in [0.25, 0.3) is 0 Å². The van der Waals surface area contributed by atoms with Crippen LogP contribution in [-0.2, 0) is 16.4 Å². The van der Waals surface area contributed by atoms with Gasteiger partial charge in [-0.3, -0.25) is 4.79 Å². The topological polar surface area (TPSA) is 55.1 Å². The quantitative estimate of drug-likeness (QED) is 0.890. The van der Waals surface area contributed by atoms with E-state index in [2.05, 4.69) is 5.32 Å². The van der Waals surface area contributed by atoms with Gasteiger partial charge in [-0.05, 0) is 31.4 Å². The van der Waals surface area contributed by atoms with Crippen molar-refractivity contribution in [2.75, 3.05) is 6.54 Å². The highest BCUT2D eigenvalue weighted by Gasteiger charge is 2.37. The number of benzene rings is 1. The zero-order valence-electron chi connectivity index (χ0n) is 13.2. The molecular formula is C17H23F3N2O. The summed E-state index contributed by atoms with van der Waals surface area (Å²) in [5.74, 6) is -0.276. The monoisotopic (exact) mass is 328 g/mol. The van der Waals surface area contributed by atoms with E-state index in [1.807, 2.05) is 0 Å². The summed E-state index contributed by atoms with van der Waals surface area (Å²) in [6, 6.07) is 4.86. The van der Waals surface area contributed by atoms with Crippen molar-refractivity contribution in [1.29, 1.82) is 0 Å². The number of carbonyl (C=O) groups excluding carboxylic acids is 1. The smallest absolute Gasteiger partial charge is 0.354 e. The molecule has 23 heavy (non-hydrogen) atoms. The third kappa shape index (κ3) is 4.25. The molecule has 1 atom stereocenters. The lowest BCUT2D eigenvalue weighted by Gasteiger charge is -2.38. The fraction of sp³-hybridized carbons (Fsp3) is 0.588. The molecule has 1 aromatic carbocycles. The minimum Gasteiger partial charge on any atom is -0.354 e. The molecule has 2 rings (SSSR count). The third-order valence-corrected chi connectivity index (χ3v) is 4.63. The molecule has 0 saturated heterocycles. The van der Waals surface area contributed by atoms with Crippen molar-refractivity contribution in [3.05, 3.63) is 35.4 Å². The first-order valence-electron chi connectivity index (χ1n) is 7.96. The molecule has 1 saturated carbocycles. The van der Waals surface area contributed by atoms with Crippen LogP contribution in [0.15, 0.2) is 24.3 Å². The number of nitrogens with two attached hydrogens (primary N) is 1. The lowest BCUT2D eigenvalue weighted by molar-refractivity contribution is -0.137. The lowest BCUT2D eigenvalue weighted by Crippen LogP contribution is -2.46. The first-order chi connectivity index (χ1) is 10.7. The zero-order chi connectivity index (χ0) is 17.1. The number of hydrogen-bond donors (Lipinski definition) is 2. The lowest BCUT2D eigenvalue weighted by atomic mass is 9.69. The summed E-state index contributed by atoms with van der Waals surface area (Å²) in [5.41, 5.74) is 5.12. The molecule has 1 aliphatic rings. The van der Waals surface area contributed by atoms with Crippen LogP contribution in [0.1, 0.15) is 50.2 Å². The summed E-state index contributed by atoms with van der Waals surface area (Å²) >= 11 is 0. The van der Waals surface area contributed by atoms with E-state index in [0.717, 1.165) is 38.2 Å². The minimum absolute atomic E-state index is 0.276. The van der Waals surface area contributed by atoms with Gasteiger partial charge in [-0.15, -0.1) is 0 Å². The zero-order valence-corrected chi connectivity index (χ0v) is 13.2. The SMILES string of the molecule is C[C@@H](N)C(=O)NCC1(c2cccc(C(F)(F)F)c2)CCCCC1. The molecule has 0 heterocycles. The molecule has 3 nitrogen and oxygen atoms in total. The van der Waals surface area contributed by atoms with Crippen LogP contribution in [0.5, 0.6) is 0 Å². The Bertz CT molecular complexity index is 549. The number of rotatable bonds is 4. The molecule has 0 unspecified atom stereocenters. The Hall–Kier alpha value is -1.56. The molecule has 3 N–H and O–H groups in total. The normalized spacial score (nSPS) is 19.2. The van der Waals surface area contributed by atoms with Gasteiger partial charge >= 0.3 is 6.18 Å². The van der Waals surface area contributed by atoms with Crippen LogP contribution >= 0.6 is 0 Å². The van der Waals surface area contributed by atoms with Crippen molar-refractivity contribution >= 4 is 5.91 Å². The Balaban J connectivity index is 2.29. The summed E-state index contributed by atoms with van der Waals surface area (Å²) in [5, 5.41) is 2.80. The average Bonchev–Trinajstić information content (AvgIpc) is 2.52. The Labute approximate surface area is 134 Å². The van der Waals surface area contributed by atoms with E-state index in [1.54, 1.807) is 13.0 Å². The van der Waals surface area contributed by atoms with Gasteiger partial charge in [-0.25, -0.2) is 0 Å². The van der Waals surface area contributed by atoms with Gasteiger partial charge < -0.3 is 11.1 Å². The van der Waals surface area contributed by atoms with Crippen LogP contribution in [0.3, 0.4) is 0 Å². The van der Waals surface area contributed by atoms with E-state index in [4.69, 9.17) is 5.73 Å². The van der Waals surface area contributed by atoms with Gasteiger partial charge in [-0.2, -0.15) is 13.2 Å². The summed E-state index contributed by atoms with van der Waals surface area (Å²) in [7, 11) is 0. The van der Waals surface area contributed by atoms with Crippen molar-refractivity contribution in [3.63, 3.8) is 0 Å². The van der Waals surface area contributed by atoms with E-state index < -0.39 is 23.2 Å². The van der Waals surface area contributed by atoms with Crippen LogP contribution in [0.2, 0.25) is 0 Å². The van der Waals surface area contributed by atoms with E-state index in [9.17, 15) is 18.0 Å². The Morgan fingerprint density at radius 1 is 1.30 bits per heavy atom. The molecule has 0 aromatic heterocycles. The van der Waals surface area contributed by atoms with E-state index in [-0.39, 0.29) is 5.91 Å². The molecule has 1 amide bonds. The molecular weight excluding hydrogens is 305 g/mol. The predicted octanol–water partition coefficient (Wildman–Crippen LogP) is 3.37. The van der Waals surface area contributed by atoms with Crippen LogP contribution in [0, 0.1) is 0 Å². The van der Waals surface area contributed by atoms with Gasteiger partial charge in [0, 0.05) is 12.0 Å². The summed E-state index contributed by atoms with van der Waals surface area (Å²) in [4.78, 5) is 11.8. The first-order valence-corrected chi connectivity index (χ1v) is 7.96. The molecule has 0 aliphatic heterocycles. The van der Waals surface area contributed by atoms with Gasteiger partial charge in [0.2, 0.25) is 5.91 Å². The molecule has 1 aromatic rings. The Kier molecular flexibility index (Phi) is 5.34. The molecule has 0 radical (unpaired) electrons. The van der Waals surface area contributed by atoms with Crippen molar-refractivity contribution in [3.8, 4) is 0 Å². The summed E-state index contributed by atoms with van der Waals surface area (Å²) in [6.45, 7) is 1.92. The van der Waals surface area contributed by atoms with Crippen LogP contribution < -0.4 is 11.1 Å². The van der Waals surface area contributed by atoms with Crippen LogP contribution in [0.25, 0.3) is 0 Å². The average molecular weight is 328 g/mol. The van der Waals surface area contributed by atoms with Crippen molar-refractivity contribution < 1.29 is 18.0 Å². The molecule has 6 heteroatoms. The van der Waals surface area contributed by atoms with Crippen molar-refractivity contribution in [2.45, 2.75) is 56.7 Å². The molecule has 0 spiro atoms. The van der Waals surface area contributed by atoms with Crippen molar-refractivity contribution in [1.82, 2.24) is 5.32 Å². The predicted molar refractivity (Wildman–Crippen MR) is 82.9 cm³/mol. The Morgan fingerprint density at radius 3 is 2.52 bits per heavy atom. The van der Waals surface area contributed by atoms with Gasteiger partial charge in [-0.1, -0.05) is 37.5 Å². The van der Waals surface area contributed by atoms with Crippen LogP contribution in [-0.4, -0.2) is 18.5 Å². The number of hydrogen-bond acceptors (Lipinski definition) is 2. The largest absolute Gasteiger partial charge is 0.416 e. The van der Waals surface area contributed by atoms with Crippen LogP contribution in [0.4, 0.5) is 13.2 Å². The first kappa shape index (κ1) is 17.8. The Morgan fingerprint density at radius 2 is 1.96 bits per heavy atom. The summed E-state index contributed by atoms with van der Waals surface area (Å²) in [6.07, 6.45) is 0.151. The van der Waals surface area contributed by atoms with Gasteiger partial charge in [0.1, 0.15) is 0 Å². The maximum absolute atomic E-state index is 13.0. The fourth-order valence-electron chi connectivity index (χ4n) is 3.24. The maximum Gasteiger partial charge on any atom is 0.416 e. The second-order valence-electron chi connectivity index (χ2n) is 6.43. The number of halogens is 3. The summed E-state index contributed by atoms with van der Waals surface area (Å²) < 4.78 is 39.0. The van der Waals surface area contributed by atoms with E-state index >= 15 is 0 Å². The highest BCUT2D eigenvalue weighted by atomic mass is 19.4. The number of alkyl halides is 3. The highest BCUT2D eigenvalue weighted by Crippen LogP contribution is 2.41. The molecule has 0 bridgehead atoms. The fourth-order valence-corrected chi connectivity index (χ4v) is 3.24. The van der Waals surface area contributed by atoms with Gasteiger partial charge in [0.05, 0.1) is 11.6 Å². The van der Waals surface area contributed by atoms with E-state index in [0.29, 0.717) is 12.1 Å². The second-order valence-corrected chi connectivity index (χ2v) is 6.43. The molecule has 1 fully saturated rings. The second kappa shape index (κ2) is 6.91. The van der Waals surface area contributed by atoms with Crippen molar-refractivity contribution in [2.24, 2.45) is 5.73 Å². The highest BCUT2D eigenvalue weighted by molar-refractivity contribution is 5.81. The maximum atomic E-state index is 13.0. The van der Waals surface area contributed by atoms with Gasteiger partial charge in [0.15, 0.2) is 0 Å². The molecule has 128 valence electrons. The number of nitrogens with one attached hydrogen (secondary N) is 1. The minimum atomic E-state index is -4.36. The van der Waals surface area contributed by atoms with E-state index in [1.165, 1.54) is 12.1 Å².